The summed E-state index contributed by atoms with van der Waals surface area (Å²) >= 11 is 7.97. The lowest BCUT2D eigenvalue weighted by atomic mass is 9.95. The summed E-state index contributed by atoms with van der Waals surface area (Å²) in [4.78, 5) is 27.4. The lowest BCUT2D eigenvalue weighted by Crippen LogP contribution is -2.39. The van der Waals surface area contributed by atoms with Gasteiger partial charge >= 0.3 is 6.01 Å². The Morgan fingerprint density at radius 2 is 2.03 bits per heavy atom. The van der Waals surface area contributed by atoms with Crippen LogP contribution in [0.25, 0.3) is 11.1 Å². The van der Waals surface area contributed by atoms with E-state index in [0.717, 1.165) is 16.0 Å². The van der Waals surface area contributed by atoms with E-state index in [1.54, 1.807) is 17.8 Å². The number of fused-ring (bicyclic) bond motifs is 1. The van der Waals surface area contributed by atoms with Crippen LogP contribution >= 0.6 is 22.9 Å². The van der Waals surface area contributed by atoms with Gasteiger partial charge in [-0.15, -0.1) is 11.3 Å². The molecule has 0 saturated heterocycles. The van der Waals surface area contributed by atoms with Crippen molar-refractivity contribution in [3.05, 3.63) is 87.0 Å². The predicted octanol–water partition coefficient (Wildman–Crippen LogP) is 4.64. The number of hydrogen-bond acceptors (Lipinski definition) is 8. The molecule has 0 fully saturated rings. The molecule has 2 aromatic carbocycles. The standard InChI is InChI=1S/C23H19ClN6O2S/c1-13-19(21(31)26-11-14-10-25-12-33-14)20(15-6-2-3-7-16(15)24)29-22(27-13)30-23-28-17-8-4-5-9-18(17)32-23/h2-10,12,20H,11H2,1H3,(H,26,31)(H2,27,28,29,30). The second-order valence-corrected chi connectivity index (χ2v) is 8.71. The first-order chi connectivity index (χ1) is 16.1. The highest BCUT2D eigenvalue weighted by molar-refractivity contribution is 7.09. The number of benzene rings is 2. The fourth-order valence-corrected chi connectivity index (χ4v) is 4.35. The number of aromatic nitrogens is 2. The van der Waals surface area contributed by atoms with Gasteiger partial charge in [-0.25, -0.2) is 4.99 Å². The Morgan fingerprint density at radius 3 is 2.82 bits per heavy atom. The van der Waals surface area contributed by atoms with E-state index in [0.29, 0.717) is 40.4 Å². The fourth-order valence-electron chi connectivity index (χ4n) is 3.57. The van der Waals surface area contributed by atoms with E-state index in [1.807, 2.05) is 49.4 Å². The summed E-state index contributed by atoms with van der Waals surface area (Å²) < 4.78 is 5.76. The Hall–Kier alpha value is -3.69. The minimum Gasteiger partial charge on any atom is -0.423 e. The second-order valence-electron chi connectivity index (χ2n) is 7.33. The normalized spacial score (nSPS) is 15.8. The molecule has 8 nitrogen and oxygen atoms in total. The van der Waals surface area contributed by atoms with Crippen molar-refractivity contribution in [3.63, 3.8) is 0 Å². The van der Waals surface area contributed by atoms with E-state index in [4.69, 9.17) is 21.0 Å². The maximum absolute atomic E-state index is 13.2. The molecule has 0 bridgehead atoms. The van der Waals surface area contributed by atoms with Gasteiger partial charge in [-0.2, -0.15) is 4.98 Å². The number of nitrogens with zero attached hydrogens (tertiary/aromatic N) is 3. The molecule has 1 amide bonds. The quantitative estimate of drug-likeness (QED) is 0.386. The van der Waals surface area contributed by atoms with Gasteiger partial charge in [-0.1, -0.05) is 41.9 Å². The van der Waals surface area contributed by atoms with E-state index in [1.165, 1.54) is 11.3 Å². The molecule has 5 rings (SSSR count). The van der Waals surface area contributed by atoms with Crippen LogP contribution in [0.15, 0.2) is 80.9 Å². The first kappa shape index (κ1) is 21.2. The number of allylic oxidation sites excluding steroid dienone is 1. The molecular formula is C23H19ClN6O2S. The van der Waals surface area contributed by atoms with E-state index in [9.17, 15) is 4.79 Å². The Balaban J connectivity index is 1.46. The van der Waals surface area contributed by atoms with E-state index in [-0.39, 0.29) is 5.91 Å². The molecule has 3 N–H and O–H groups in total. The van der Waals surface area contributed by atoms with Crippen LogP contribution in [0.4, 0.5) is 6.01 Å². The molecule has 10 heteroatoms. The van der Waals surface area contributed by atoms with Crippen molar-refractivity contribution < 1.29 is 9.21 Å². The zero-order valence-electron chi connectivity index (χ0n) is 17.5. The maximum Gasteiger partial charge on any atom is 0.302 e. The van der Waals surface area contributed by atoms with Crippen LogP contribution in [-0.4, -0.2) is 21.8 Å². The number of hydrogen-bond donors (Lipinski definition) is 3. The Kier molecular flexibility index (Phi) is 5.80. The van der Waals surface area contributed by atoms with Gasteiger partial charge in [0, 0.05) is 27.4 Å². The van der Waals surface area contributed by atoms with Crippen molar-refractivity contribution in [3.8, 4) is 0 Å². The van der Waals surface area contributed by atoms with Crippen molar-refractivity contribution in [2.45, 2.75) is 19.5 Å². The molecule has 4 aromatic rings. The number of thiazole rings is 1. The van der Waals surface area contributed by atoms with Gasteiger partial charge in [-0.05, 0) is 25.1 Å². The number of guanidine groups is 1. The van der Waals surface area contributed by atoms with Crippen molar-refractivity contribution in [2.24, 2.45) is 4.99 Å². The molecule has 1 unspecified atom stereocenters. The zero-order chi connectivity index (χ0) is 22.8. The number of para-hydroxylation sites is 2. The Morgan fingerprint density at radius 1 is 1.21 bits per heavy atom. The molecule has 3 heterocycles. The van der Waals surface area contributed by atoms with Gasteiger partial charge in [-0.3, -0.25) is 15.1 Å². The van der Waals surface area contributed by atoms with Gasteiger partial charge in [0.1, 0.15) is 11.6 Å². The average molecular weight is 479 g/mol. The fraction of sp³-hybridized carbons (Fsp3) is 0.130. The molecule has 0 radical (unpaired) electrons. The van der Waals surface area contributed by atoms with Crippen LogP contribution in [0, 0.1) is 0 Å². The lowest BCUT2D eigenvalue weighted by Gasteiger charge is -2.27. The van der Waals surface area contributed by atoms with Gasteiger partial charge in [0.25, 0.3) is 5.91 Å². The van der Waals surface area contributed by atoms with Crippen LogP contribution in [0.2, 0.25) is 5.02 Å². The second kappa shape index (κ2) is 9.05. The van der Waals surface area contributed by atoms with Crippen LogP contribution < -0.4 is 16.0 Å². The van der Waals surface area contributed by atoms with Crippen molar-refractivity contribution >= 4 is 51.9 Å². The first-order valence-electron chi connectivity index (χ1n) is 10.2. The molecule has 33 heavy (non-hydrogen) atoms. The van der Waals surface area contributed by atoms with E-state index in [2.05, 4.69) is 25.9 Å². The SMILES string of the molecule is CC1=C(C(=O)NCc2cncs2)C(c2ccccc2Cl)N=C(Nc2nc3ccccc3o2)N1. The van der Waals surface area contributed by atoms with Gasteiger partial charge in [0.2, 0.25) is 5.96 Å². The summed E-state index contributed by atoms with van der Waals surface area (Å²) in [6, 6.07) is 14.5. The number of anilines is 1. The molecule has 2 aromatic heterocycles. The van der Waals surface area contributed by atoms with Gasteiger partial charge in [0.15, 0.2) is 5.58 Å². The number of amides is 1. The largest absolute Gasteiger partial charge is 0.423 e. The van der Waals surface area contributed by atoms with E-state index < -0.39 is 6.04 Å². The number of rotatable bonds is 5. The number of halogens is 1. The number of carbonyl (C=O) groups is 1. The first-order valence-corrected chi connectivity index (χ1v) is 11.4. The van der Waals surface area contributed by atoms with Crippen LogP contribution in [0.3, 0.4) is 0 Å². The van der Waals surface area contributed by atoms with Crippen LogP contribution in [-0.2, 0) is 11.3 Å². The predicted molar refractivity (Wildman–Crippen MR) is 129 cm³/mol. The highest BCUT2D eigenvalue weighted by Gasteiger charge is 2.31. The topological polar surface area (TPSA) is 104 Å². The summed E-state index contributed by atoms with van der Waals surface area (Å²) in [5, 5.41) is 9.72. The van der Waals surface area contributed by atoms with Crippen LogP contribution in [0.1, 0.15) is 23.4 Å². The highest BCUT2D eigenvalue weighted by Crippen LogP contribution is 2.35. The minimum atomic E-state index is -0.617. The van der Waals surface area contributed by atoms with Gasteiger partial charge < -0.3 is 15.1 Å². The van der Waals surface area contributed by atoms with Gasteiger partial charge in [0.05, 0.1) is 17.6 Å². The third-order valence-electron chi connectivity index (χ3n) is 5.11. The van der Waals surface area contributed by atoms with Crippen LogP contribution in [0.5, 0.6) is 0 Å². The molecule has 1 atom stereocenters. The van der Waals surface area contributed by atoms with Crippen molar-refractivity contribution in [1.29, 1.82) is 0 Å². The third-order valence-corrected chi connectivity index (χ3v) is 6.24. The minimum absolute atomic E-state index is 0.233. The summed E-state index contributed by atoms with van der Waals surface area (Å²) in [5.41, 5.74) is 4.98. The molecule has 1 aliphatic heterocycles. The van der Waals surface area contributed by atoms with E-state index >= 15 is 0 Å². The number of oxazole rings is 1. The molecule has 0 saturated carbocycles. The summed E-state index contributed by atoms with van der Waals surface area (Å²) in [5.74, 6) is 0.172. The maximum atomic E-state index is 13.2. The summed E-state index contributed by atoms with van der Waals surface area (Å²) in [7, 11) is 0. The smallest absolute Gasteiger partial charge is 0.302 e. The summed E-state index contributed by atoms with van der Waals surface area (Å²) in [6.45, 7) is 2.21. The lowest BCUT2D eigenvalue weighted by molar-refractivity contribution is -0.118. The zero-order valence-corrected chi connectivity index (χ0v) is 19.1. The molecule has 0 aliphatic carbocycles. The monoisotopic (exact) mass is 478 g/mol. The third kappa shape index (κ3) is 4.46. The number of aliphatic imine (C=N–C) groups is 1. The molecule has 166 valence electrons. The molecule has 1 aliphatic rings. The summed E-state index contributed by atoms with van der Waals surface area (Å²) in [6.07, 6.45) is 1.73. The number of carbonyl (C=O) groups excluding carboxylic acids is 1. The highest BCUT2D eigenvalue weighted by atomic mass is 35.5. The Bertz CT molecular complexity index is 1350. The number of nitrogens with one attached hydrogen (secondary N) is 3. The Labute approximate surface area is 198 Å². The molecular weight excluding hydrogens is 460 g/mol. The average Bonchev–Trinajstić information content (AvgIpc) is 3.47. The molecule has 0 spiro atoms. The van der Waals surface area contributed by atoms with Crippen molar-refractivity contribution in [1.82, 2.24) is 20.6 Å². The van der Waals surface area contributed by atoms with Crippen molar-refractivity contribution in [2.75, 3.05) is 5.32 Å².